The van der Waals surface area contributed by atoms with Crippen molar-refractivity contribution >= 4 is 38.9 Å². The fourth-order valence-corrected chi connectivity index (χ4v) is 4.20. The molecule has 0 saturated carbocycles. The maximum atomic E-state index is 12.7. The van der Waals surface area contributed by atoms with Gasteiger partial charge in [0.15, 0.2) is 0 Å². The summed E-state index contributed by atoms with van der Waals surface area (Å²) >= 11 is 5.96. The zero-order valence-electron chi connectivity index (χ0n) is 17.9. The van der Waals surface area contributed by atoms with Crippen LogP contribution in [0.3, 0.4) is 0 Å². The lowest BCUT2D eigenvalue weighted by atomic mass is 10.2. The van der Waals surface area contributed by atoms with Crippen molar-refractivity contribution in [3.05, 3.63) is 82.9 Å². The Kier molecular flexibility index (Phi) is 7.77. The summed E-state index contributed by atoms with van der Waals surface area (Å²) in [6.07, 6.45) is 0.858. The third kappa shape index (κ3) is 6.73. The molecule has 3 aromatic carbocycles. The number of anilines is 2. The predicted molar refractivity (Wildman–Crippen MR) is 128 cm³/mol. The summed E-state index contributed by atoms with van der Waals surface area (Å²) in [7, 11) is -3.78. The normalized spacial score (nSPS) is 11.1. The molecule has 1 amide bonds. The van der Waals surface area contributed by atoms with Crippen LogP contribution in [0.15, 0.2) is 71.6 Å². The second kappa shape index (κ2) is 10.5. The maximum Gasteiger partial charge on any atom is 0.261 e. The molecule has 3 rings (SSSR count). The summed E-state index contributed by atoms with van der Waals surface area (Å²) in [4.78, 5) is 12.2. The van der Waals surface area contributed by atoms with E-state index in [2.05, 4.69) is 10.0 Å². The molecule has 2 N–H and O–H groups in total. The first-order valence-corrected chi connectivity index (χ1v) is 12.0. The van der Waals surface area contributed by atoms with Gasteiger partial charge in [0.1, 0.15) is 5.75 Å². The van der Waals surface area contributed by atoms with Crippen LogP contribution in [-0.4, -0.2) is 20.9 Å². The Balaban J connectivity index is 1.50. The number of sulfonamides is 1. The minimum Gasteiger partial charge on any atom is -0.494 e. The third-order valence-electron chi connectivity index (χ3n) is 4.73. The van der Waals surface area contributed by atoms with Gasteiger partial charge >= 0.3 is 0 Å². The fraction of sp³-hybridized carbons (Fsp3) is 0.208. The van der Waals surface area contributed by atoms with Crippen LogP contribution >= 0.6 is 11.6 Å². The molecule has 168 valence electrons. The number of aryl methyl sites for hydroxylation is 2. The third-order valence-corrected chi connectivity index (χ3v) is 6.35. The second-order valence-electron chi connectivity index (χ2n) is 7.40. The highest BCUT2D eigenvalue weighted by Gasteiger charge is 2.16. The van der Waals surface area contributed by atoms with Crippen molar-refractivity contribution in [3.8, 4) is 5.75 Å². The zero-order chi connectivity index (χ0) is 23.1. The molecular weight excluding hydrogens is 448 g/mol. The van der Waals surface area contributed by atoms with Gasteiger partial charge in [-0.2, -0.15) is 0 Å². The smallest absolute Gasteiger partial charge is 0.261 e. The van der Waals surface area contributed by atoms with Crippen LogP contribution in [-0.2, 0) is 14.8 Å². The lowest BCUT2D eigenvalue weighted by molar-refractivity contribution is -0.116. The molecule has 0 unspecified atom stereocenters. The summed E-state index contributed by atoms with van der Waals surface area (Å²) in [5, 5.41) is 3.21. The number of carbonyl (C=O) groups excluding carboxylic acids is 1. The standard InChI is InChI=1S/C24H25ClN2O4S/c1-17-5-11-21(12-6-17)31-15-3-4-24(28)26-20-9-13-22(14-10-20)32(29,30)27-23-16-19(25)8-7-18(23)2/h5-14,16,27H,3-4,15H2,1-2H3,(H,26,28). The highest BCUT2D eigenvalue weighted by atomic mass is 35.5. The van der Waals surface area contributed by atoms with Crippen molar-refractivity contribution < 1.29 is 17.9 Å². The lowest BCUT2D eigenvalue weighted by Gasteiger charge is -2.12. The van der Waals surface area contributed by atoms with E-state index >= 15 is 0 Å². The van der Waals surface area contributed by atoms with Crippen molar-refractivity contribution in [3.63, 3.8) is 0 Å². The van der Waals surface area contributed by atoms with E-state index in [1.54, 1.807) is 37.3 Å². The zero-order valence-corrected chi connectivity index (χ0v) is 19.5. The van der Waals surface area contributed by atoms with Gasteiger partial charge in [0, 0.05) is 17.1 Å². The van der Waals surface area contributed by atoms with E-state index in [-0.39, 0.29) is 10.8 Å². The summed E-state index contributed by atoms with van der Waals surface area (Å²) in [5.74, 6) is 0.607. The highest BCUT2D eigenvalue weighted by Crippen LogP contribution is 2.24. The van der Waals surface area contributed by atoms with E-state index in [1.165, 1.54) is 12.1 Å². The first-order valence-electron chi connectivity index (χ1n) is 10.1. The molecule has 0 radical (unpaired) electrons. The Morgan fingerprint density at radius 2 is 1.66 bits per heavy atom. The Morgan fingerprint density at radius 1 is 0.969 bits per heavy atom. The van der Waals surface area contributed by atoms with Crippen LogP contribution in [0.2, 0.25) is 5.02 Å². The highest BCUT2D eigenvalue weighted by molar-refractivity contribution is 7.92. The van der Waals surface area contributed by atoms with Gasteiger partial charge in [-0.1, -0.05) is 35.4 Å². The molecule has 0 aliphatic heterocycles. The molecule has 0 aliphatic carbocycles. The molecule has 8 heteroatoms. The van der Waals surface area contributed by atoms with E-state index in [4.69, 9.17) is 16.3 Å². The first-order chi connectivity index (χ1) is 15.2. The van der Waals surface area contributed by atoms with Gasteiger partial charge in [-0.25, -0.2) is 8.42 Å². The topological polar surface area (TPSA) is 84.5 Å². The number of amides is 1. The van der Waals surface area contributed by atoms with E-state index in [9.17, 15) is 13.2 Å². The van der Waals surface area contributed by atoms with Gasteiger partial charge in [-0.3, -0.25) is 9.52 Å². The Morgan fingerprint density at radius 3 is 2.34 bits per heavy atom. The number of hydrogen-bond donors (Lipinski definition) is 2. The number of rotatable bonds is 9. The van der Waals surface area contributed by atoms with Crippen molar-refractivity contribution in [2.45, 2.75) is 31.6 Å². The second-order valence-corrected chi connectivity index (χ2v) is 9.52. The van der Waals surface area contributed by atoms with E-state index in [0.717, 1.165) is 16.9 Å². The molecule has 0 aromatic heterocycles. The van der Waals surface area contributed by atoms with Gasteiger partial charge < -0.3 is 10.1 Å². The quantitative estimate of drug-likeness (QED) is 0.399. The van der Waals surface area contributed by atoms with Gasteiger partial charge in [-0.15, -0.1) is 0 Å². The maximum absolute atomic E-state index is 12.7. The number of nitrogens with one attached hydrogen (secondary N) is 2. The Bertz CT molecular complexity index is 1180. The minimum absolute atomic E-state index is 0.0846. The summed E-state index contributed by atoms with van der Waals surface area (Å²) in [6, 6.07) is 18.7. The summed E-state index contributed by atoms with van der Waals surface area (Å²) < 4.78 is 33.5. The molecule has 0 fully saturated rings. The van der Waals surface area contributed by atoms with Gasteiger partial charge in [0.25, 0.3) is 10.0 Å². The van der Waals surface area contributed by atoms with Crippen molar-refractivity contribution in [2.75, 3.05) is 16.6 Å². The molecular formula is C24H25ClN2O4S. The van der Waals surface area contributed by atoms with Gasteiger partial charge in [0.05, 0.1) is 17.2 Å². The van der Waals surface area contributed by atoms with E-state index < -0.39 is 10.0 Å². The van der Waals surface area contributed by atoms with Crippen LogP contribution in [0.5, 0.6) is 5.75 Å². The first kappa shape index (κ1) is 23.6. The number of benzene rings is 3. The summed E-state index contributed by atoms with van der Waals surface area (Å²) in [5.41, 5.74) is 2.86. The van der Waals surface area contributed by atoms with Gasteiger partial charge in [0.2, 0.25) is 5.91 Å². The number of ether oxygens (including phenoxy) is 1. The van der Waals surface area contributed by atoms with Crippen LogP contribution in [0.25, 0.3) is 0 Å². The Hall–Kier alpha value is -3.03. The van der Waals surface area contributed by atoms with Crippen LogP contribution < -0.4 is 14.8 Å². The molecule has 32 heavy (non-hydrogen) atoms. The number of hydrogen-bond acceptors (Lipinski definition) is 4. The average molecular weight is 473 g/mol. The molecule has 0 bridgehead atoms. The summed E-state index contributed by atoms with van der Waals surface area (Å²) in [6.45, 7) is 4.23. The largest absolute Gasteiger partial charge is 0.494 e. The van der Waals surface area contributed by atoms with E-state index in [0.29, 0.717) is 35.8 Å². The van der Waals surface area contributed by atoms with Crippen molar-refractivity contribution in [1.82, 2.24) is 0 Å². The van der Waals surface area contributed by atoms with Crippen LogP contribution in [0, 0.1) is 13.8 Å². The predicted octanol–water partition coefficient (Wildman–Crippen LogP) is 5.56. The number of carbonyl (C=O) groups is 1. The number of halogens is 1. The van der Waals surface area contributed by atoms with Crippen LogP contribution in [0.1, 0.15) is 24.0 Å². The molecule has 0 saturated heterocycles. The van der Waals surface area contributed by atoms with Crippen LogP contribution in [0.4, 0.5) is 11.4 Å². The molecule has 3 aromatic rings. The molecule has 0 atom stereocenters. The Labute approximate surface area is 193 Å². The molecule has 0 spiro atoms. The molecule has 0 heterocycles. The van der Waals surface area contributed by atoms with E-state index in [1.807, 2.05) is 31.2 Å². The van der Waals surface area contributed by atoms with Crippen molar-refractivity contribution in [2.24, 2.45) is 0 Å². The molecule has 0 aliphatic rings. The monoisotopic (exact) mass is 472 g/mol. The fourth-order valence-electron chi connectivity index (χ4n) is 2.91. The SMILES string of the molecule is Cc1ccc(OCCCC(=O)Nc2ccc(S(=O)(=O)Nc3cc(Cl)ccc3C)cc2)cc1. The molecule has 6 nitrogen and oxygen atoms in total. The minimum atomic E-state index is -3.78. The lowest BCUT2D eigenvalue weighted by Crippen LogP contribution is -2.15. The average Bonchev–Trinajstić information content (AvgIpc) is 2.75. The van der Waals surface area contributed by atoms with Crippen molar-refractivity contribution in [1.29, 1.82) is 0 Å². The van der Waals surface area contributed by atoms with Gasteiger partial charge in [-0.05, 0) is 74.4 Å².